The Morgan fingerprint density at radius 2 is 2.10 bits per heavy atom. The Hall–Kier alpha value is -0.610. The number of hydrogen-bond acceptors (Lipinski definition) is 3. The highest BCUT2D eigenvalue weighted by atomic mass is 16.5. The Morgan fingerprint density at radius 1 is 1.40 bits per heavy atom. The molecule has 1 aliphatic rings. The summed E-state index contributed by atoms with van der Waals surface area (Å²) in [5.74, 6) is 1.32. The quantitative estimate of drug-likeness (QED) is 0.755. The minimum Gasteiger partial charge on any atom is -0.375 e. The lowest BCUT2D eigenvalue weighted by Crippen LogP contribution is -2.45. The molecule has 1 aliphatic heterocycles. The molecule has 0 bridgehead atoms. The number of nitrogens with two attached hydrogens (primary N) is 1. The molecule has 2 unspecified atom stereocenters. The van der Waals surface area contributed by atoms with Crippen LogP contribution in [0.3, 0.4) is 0 Å². The maximum Gasteiger partial charge on any atom is 0.220 e. The van der Waals surface area contributed by atoms with Crippen molar-refractivity contribution in [1.29, 1.82) is 0 Å². The third kappa shape index (κ3) is 6.23. The van der Waals surface area contributed by atoms with Crippen LogP contribution in [0.15, 0.2) is 0 Å². The van der Waals surface area contributed by atoms with Gasteiger partial charge < -0.3 is 15.8 Å². The Labute approximate surface area is 123 Å². The van der Waals surface area contributed by atoms with Crippen LogP contribution in [-0.4, -0.2) is 30.7 Å². The SMILES string of the molecule is CC(C)C(CCN)CCC(=O)NC1CCOC(C)(C)C1. The van der Waals surface area contributed by atoms with Crippen molar-refractivity contribution in [2.24, 2.45) is 17.6 Å². The van der Waals surface area contributed by atoms with E-state index in [-0.39, 0.29) is 17.6 Å². The number of nitrogens with one attached hydrogen (secondary N) is 1. The van der Waals surface area contributed by atoms with Gasteiger partial charge in [0, 0.05) is 19.1 Å². The molecule has 0 spiro atoms. The normalized spacial score (nSPS) is 23.6. The molecule has 2 atom stereocenters. The minimum absolute atomic E-state index is 0.115. The zero-order chi connectivity index (χ0) is 15.2. The summed E-state index contributed by atoms with van der Waals surface area (Å²) >= 11 is 0. The number of carbonyl (C=O) groups excluding carboxylic acids is 1. The van der Waals surface area contributed by atoms with Crippen LogP contribution in [0, 0.1) is 11.8 Å². The molecule has 1 rings (SSSR count). The Balaban J connectivity index is 2.32. The highest BCUT2D eigenvalue weighted by Gasteiger charge is 2.29. The molecule has 0 aromatic rings. The van der Waals surface area contributed by atoms with Gasteiger partial charge in [-0.1, -0.05) is 13.8 Å². The number of rotatable bonds is 7. The van der Waals surface area contributed by atoms with E-state index in [1.54, 1.807) is 0 Å². The van der Waals surface area contributed by atoms with Crippen molar-refractivity contribution in [1.82, 2.24) is 5.32 Å². The average Bonchev–Trinajstić information content (AvgIpc) is 2.32. The standard InChI is InChI=1S/C16H32N2O2/c1-12(2)13(7-9-17)5-6-15(19)18-14-8-10-20-16(3,4)11-14/h12-14H,5-11,17H2,1-4H3,(H,18,19). The lowest BCUT2D eigenvalue weighted by Gasteiger charge is -2.35. The minimum atomic E-state index is -0.115. The Morgan fingerprint density at radius 3 is 2.65 bits per heavy atom. The van der Waals surface area contributed by atoms with Crippen molar-refractivity contribution in [3.63, 3.8) is 0 Å². The molecule has 3 N–H and O–H groups in total. The van der Waals surface area contributed by atoms with Gasteiger partial charge in [-0.25, -0.2) is 0 Å². The Kier molecular flexibility index (Phi) is 6.96. The molecular formula is C16H32N2O2. The summed E-state index contributed by atoms with van der Waals surface area (Å²) in [5.41, 5.74) is 5.52. The van der Waals surface area contributed by atoms with Gasteiger partial charge in [-0.3, -0.25) is 4.79 Å². The molecule has 4 nitrogen and oxygen atoms in total. The van der Waals surface area contributed by atoms with E-state index in [1.807, 2.05) is 0 Å². The van der Waals surface area contributed by atoms with E-state index in [0.717, 1.165) is 32.3 Å². The summed E-state index contributed by atoms with van der Waals surface area (Å²) in [4.78, 5) is 12.1. The molecule has 0 radical (unpaired) electrons. The van der Waals surface area contributed by atoms with Crippen LogP contribution in [0.2, 0.25) is 0 Å². The summed E-state index contributed by atoms with van der Waals surface area (Å²) in [7, 11) is 0. The van der Waals surface area contributed by atoms with Crippen molar-refractivity contribution in [2.75, 3.05) is 13.2 Å². The Bertz CT molecular complexity index is 303. The van der Waals surface area contributed by atoms with E-state index in [0.29, 0.717) is 24.8 Å². The van der Waals surface area contributed by atoms with Crippen molar-refractivity contribution >= 4 is 5.91 Å². The zero-order valence-corrected chi connectivity index (χ0v) is 13.6. The lowest BCUT2D eigenvalue weighted by atomic mass is 9.88. The molecular weight excluding hydrogens is 252 g/mol. The molecule has 1 fully saturated rings. The first kappa shape index (κ1) is 17.4. The molecule has 0 saturated carbocycles. The summed E-state index contributed by atoms with van der Waals surface area (Å²) < 4.78 is 5.67. The number of hydrogen-bond donors (Lipinski definition) is 2. The number of amides is 1. The molecule has 1 amide bonds. The van der Waals surface area contributed by atoms with Gasteiger partial charge in [-0.05, 0) is 57.9 Å². The van der Waals surface area contributed by atoms with Crippen LogP contribution >= 0.6 is 0 Å². The third-order valence-electron chi connectivity index (χ3n) is 4.28. The summed E-state index contributed by atoms with van der Waals surface area (Å²) in [5, 5.41) is 3.16. The van der Waals surface area contributed by atoms with Crippen LogP contribution in [0.4, 0.5) is 0 Å². The monoisotopic (exact) mass is 284 g/mol. The van der Waals surface area contributed by atoms with Crippen LogP contribution in [0.1, 0.15) is 59.8 Å². The van der Waals surface area contributed by atoms with Gasteiger partial charge in [0.05, 0.1) is 5.60 Å². The van der Waals surface area contributed by atoms with Crippen molar-refractivity contribution in [3.8, 4) is 0 Å². The van der Waals surface area contributed by atoms with Gasteiger partial charge in [-0.2, -0.15) is 0 Å². The predicted molar refractivity (Wildman–Crippen MR) is 82.4 cm³/mol. The fourth-order valence-electron chi connectivity index (χ4n) is 3.00. The average molecular weight is 284 g/mol. The molecule has 20 heavy (non-hydrogen) atoms. The second-order valence-corrected chi connectivity index (χ2v) is 6.99. The van der Waals surface area contributed by atoms with Crippen LogP contribution in [-0.2, 0) is 9.53 Å². The van der Waals surface area contributed by atoms with E-state index >= 15 is 0 Å². The molecule has 118 valence electrons. The fraction of sp³-hybridized carbons (Fsp3) is 0.938. The predicted octanol–water partition coefficient (Wildman–Crippen LogP) is 2.46. The first-order chi connectivity index (χ1) is 9.34. The van der Waals surface area contributed by atoms with E-state index in [4.69, 9.17) is 10.5 Å². The molecule has 1 saturated heterocycles. The van der Waals surface area contributed by atoms with E-state index < -0.39 is 0 Å². The molecule has 1 heterocycles. The number of ether oxygens (including phenoxy) is 1. The highest BCUT2D eigenvalue weighted by Crippen LogP contribution is 2.24. The molecule has 0 aromatic heterocycles. The van der Waals surface area contributed by atoms with Gasteiger partial charge in [0.1, 0.15) is 0 Å². The van der Waals surface area contributed by atoms with Gasteiger partial charge in [0.15, 0.2) is 0 Å². The van der Waals surface area contributed by atoms with Gasteiger partial charge in [0.2, 0.25) is 5.91 Å². The fourth-order valence-corrected chi connectivity index (χ4v) is 3.00. The molecule has 0 aromatic carbocycles. The molecule has 4 heteroatoms. The van der Waals surface area contributed by atoms with Crippen molar-refractivity contribution in [3.05, 3.63) is 0 Å². The maximum atomic E-state index is 12.1. The van der Waals surface area contributed by atoms with Crippen molar-refractivity contribution in [2.45, 2.75) is 71.4 Å². The van der Waals surface area contributed by atoms with Gasteiger partial charge >= 0.3 is 0 Å². The smallest absolute Gasteiger partial charge is 0.220 e. The second kappa shape index (κ2) is 7.99. The summed E-state index contributed by atoms with van der Waals surface area (Å²) in [6.07, 6.45) is 4.38. The first-order valence-corrected chi connectivity index (χ1v) is 7.97. The topological polar surface area (TPSA) is 64.4 Å². The van der Waals surface area contributed by atoms with E-state index in [2.05, 4.69) is 33.0 Å². The summed E-state index contributed by atoms with van der Waals surface area (Å²) in [6, 6.07) is 0.262. The van der Waals surface area contributed by atoms with Gasteiger partial charge in [0.25, 0.3) is 0 Å². The zero-order valence-electron chi connectivity index (χ0n) is 13.6. The third-order valence-corrected chi connectivity index (χ3v) is 4.28. The van der Waals surface area contributed by atoms with Crippen LogP contribution in [0.25, 0.3) is 0 Å². The van der Waals surface area contributed by atoms with Crippen LogP contribution in [0.5, 0.6) is 0 Å². The summed E-state index contributed by atoms with van der Waals surface area (Å²) in [6.45, 7) is 10.0. The van der Waals surface area contributed by atoms with Crippen molar-refractivity contribution < 1.29 is 9.53 Å². The van der Waals surface area contributed by atoms with Crippen LogP contribution < -0.4 is 11.1 Å². The lowest BCUT2D eigenvalue weighted by molar-refractivity contribution is -0.124. The van der Waals surface area contributed by atoms with Gasteiger partial charge in [-0.15, -0.1) is 0 Å². The number of carbonyl (C=O) groups is 1. The maximum absolute atomic E-state index is 12.1. The van der Waals surface area contributed by atoms with E-state index in [1.165, 1.54) is 0 Å². The highest BCUT2D eigenvalue weighted by molar-refractivity contribution is 5.76. The first-order valence-electron chi connectivity index (χ1n) is 7.97. The second-order valence-electron chi connectivity index (χ2n) is 6.99. The van der Waals surface area contributed by atoms with E-state index in [9.17, 15) is 4.79 Å². The largest absolute Gasteiger partial charge is 0.375 e. The molecule has 0 aliphatic carbocycles.